The molecule has 0 saturated carbocycles. The third-order valence-corrected chi connectivity index (χ3v) is 5.12. The maximum Gasteiger partial charge on any atom is 0.230 e. The first-order chi connectivity index (χ1) is 14.6. The van der Waals surface area contributed by atoms with Crippen molar-refractivity contribution in [1.29, 1.82) is 0 Å². The van der Waals surface area contributed by atoms with E-state index < -0.39 is 5.82 Å². The topological polar surface area (TPSA) is 82.7 Å². The molecule has 3 aromatic rings. The summed E-state index contributed by atoms with van der Waals surface area (Å²) < 4.78 is 31.3. The second kappa shape index (κ2) is 9.13. The van der Waals surface area contributed by atoms with Crippen molar-refractivity contribution in [2.24, 2.45) is 0 Å². The van der Waals surface area contributed by atoms with Crippen molar-refractivity contribution in [3.8, 4) is 23.1 Å². The molecule has 1 aliphatic rings. The zero-order chi connectivity index (χ0) is 20.9. The Bertz CT molecular complexity index is 1020. The smallest absolute Gasteiger partial charge is 0.230 e. The molecule has 2 N–H and O–H groups in total. The molecule has 0 amide bonds. The first-order valence-electron chi connectivity index (χ1n) is 10.0. The van der Waals surface area contributed by atoms with Crippen LogP contribution in [0.5, 0.6) is 23.1 Å². The van der Waals surface area contributed by atoms with Gasteiger partial charge in [0.1, 0.15) is 6.33 Å². The summed E-state index contributed by atoms with van der Waals surface area (Å²) in [5.41, 5.74) is 6.53. The van der Waals surface area contributed by atoms with Gasteiger partial charge >= 0.3 is 0 Å². The van der Waals surface area contributed by atoms with E-state index in [4.69, 9.17) is 19.9 Å². The third-order valence-electron chi connectivity index (χ3n) is 5.12. The molecule has 1 fully saturated rings. The van der Waals surface area contributed by atoms with Crippen LogP contribution in [0.4, 0.5) is 10.1 Å². The van der Waals surface area contributed by atoms with Crippen LogP contribution in [-0.2, 0) is 0 Å². The largest absolute Gasteiger partial charge is 0.493 e. The number of hydrogen-bond donors (Lipinski definition) is 1. The lowest BCUT2D eigenvalue weighted by Gasteiger charge is -2.16. The predicted octanol–water partition coefficient (Wildman–Crippen LogP) is 4.02. The number of halogens is 1. The Balaban J connectivity index is 1.52. The zero-order valence-electron chi connectivity index (χ0n) is 16.9. The van der Waals surface area contributed by atoms with Gasteiger partial charge in [-0.25, -0.2) is 14.4 Å². The number of hydrogen-bond acceptors (Lipinski definition) is 7. The van der Waals surface area contributed by atoms with E-state index in [0.29, 0.717) is 34.7 Å². The highest BCUT2D eigenvalue weighted by molar-refractivity contribution is 5.87. The van der Waals surface area contributed by atoms with Gasteiger partial charge in [-0.2, -0.15) is 0 Å². The van der Waals surface area contributed by atoms with Crippen LogP contribution in [0, 0.1) is 5.82 Å². The van der Waals surface area contributed by atoms with E-state index in [2.05, 4.69) is 14.9 Å². The van der Waals surface area contributed by atoms with Gasteiger partial charge in [0.15, 0.2) is 23.1 Å². The fourth-order valence-electron chi connectivity index (χ4n) is 3.57. The molecule has 2 aromatic carbocycles. The second-order valence-electron chi connectivity index (χ2n) is 7.24. The number of anilines is 1. The van der Waals surface area contributed by atoms with Gasteiger partial charge in [0.05, 0.1) is 24.6 Å². The van der Waals surface area contributed by atoms with Gasteiger partial charge in [-0.15, -0.1) is 0 Å². The summed E-state index contributed by atoms with van der Waals surface area (Å²) in [6, 6.07) is 7.77. The van der Waals surface area contributed by atoms with Crippen LogP contribution in [0.1, 0.15) is 19.3 Å². The van der Waals surface area contributed by atoms with Crippen LogP contribution in [0.3, 0.4) is 0 Å². The van der Waals surface area contributed by atoms with Gasteiger partial charge in [-0.1, -0.05) is 0 Å². The summed E-state index contributed by atoms with van der Waals surface area (Å²) >= 11 is 0. The molecule has 30 heavy (non-hydrogen) atoms. The lowest BCUT2D eigenvalue weighted by atomic mass is 10.2. The van der Waals surface area contributed by atoms with Crippen LogP contribution in [0.25, 0.3) is 10.9 Å². The normalized spacial score (nSPS) is 14.2. The molecule has 7 nitrogen and oxygen atoms in total. The summed E-state index contributed by atoms with van der Waals surface area (Å²) in [7, 11) is 1.57. The maximum atomic E-state index is 14.1. The minimum atomic E-state index is -0.563. The number of methoxy groups -OCH3 is 1. The average molecular weight is 412 g/mol. The predicted molar refractivity (Wildman–Crippen MR) is 113 cm³/mol. The summed E-state index contributed by atoms with van der Waals surface area (Å²) in [5.74, 6) is 0.843. The Labute approximate surface area is 174 Å². The molecule has 158 valence electrons. The standard InChI is InChI=1S/C22H25FN4O3/c1-28-20-12-16-18(13-21(20)29-10-4-9-27-7-2-3-8-27)25-14-26-22(16)30-19-6-5-15(24)11-17(19)23/h5-6,11-14H,2-4,7-10,24H2,1H3. The van der Waals surface area contributed by atoms with Gasteiger partial charge in [-0.3, -0.25) is 0 Å². The number of fused-ring (bicyclic) bond motifs is 1. The molecular weight excluding hydrogens is 387 g/mol. The van der Waals surface area contributed by atoms with E-state index in [0.717, 1.165) is 13.0 Å². The van der Waals surface area contributed by atoms with Crippen molar-refractivity contribution >= 4 is 16.6 Å². The van der Waals surface area contributed by atoms with E-state index in [1.807, 2.05) is 0 Å². The number of likely N-dealkylation sites (tertiary alicyclic amines) is 1. The number of aromatic nitrogens is 2. The number of nitrogens with two attached hydrogens (primary N) is 1. The van der Waals surface area contributed by atoms with Gasteiger partial charge in [0, 0.05) is 24.4 Å². The van der Waals surface area contributed by atoms with Crippen LogP contribution >= 0.6 is 0 Å². The Kier molecular flexibility index (Phi) is 6.13. The van der Waals surface area contributed by atoms with Crippen LogP contribution in [0.15, 0.2) is 36.7 Å². The Morgan fingerprint density at radius 3 is 2.67 bits per heavy atom. The van der Waals surface area contributed by atoms with E-state index in [-0.39, 0.29) is 11.6 Å². The molecular formula is C22H25FN4O3. The fourth-order valence-corrected chi connectivity index (χ4v) is 3.57. The molecule has 1 aromatic heterocycles. The van der Waals surface area contributed by atoms with Crippen molar-refractivity contribution in [2.75, 3.05) is 39.1 Å². The zero-order valence-corrected chi connectivity index (χ0v) is 16.9. The number of benzene rings is 2. The van der Waals surface area contributed by atoms with Crippen molar-refractivity contribution in [2.45, 2.75) is 19.3 Å². The second-order valence-corrected chi connectivity index (χ2v) is 7.24. The monoisotopic (exact) mass is 412 g/mol. The van der Waals surface area contributed by atoms with Crippen molar-refractivity contribution in [3.05, 3.63) is 42.5 Å². The molecule has 4 rings (SSSR count). The molecule has 0 radical (unpaired) electrons. The first kappa shape index (κ1) is 20.2. The molecule has 2 heterocycles. The van der Waals surface area contributed by atoms with Crippen LogP contribution in [0.2, 0.25) is 0 Å². The molecule has 0 atom stereocenters. The molecule has 0 spiro atoms. The highest BCUT2D eigenvalue weighted by Crippen LogP contribution is 2.36. The maximum absolute atomic E-state index is 14.1. The quantitative estimate of drug-likeness (QED) is 0.442. The first-order valence-corrected chi connectivity index (χ1v) is 10.0. The third kappa shape index (κ3) is 4.54. The van der Waals surface area contributed by atoms with Gasteiger partial charge in [-0.05, 0) is 50.6 Å². The van der Waals surface area contributed by atoms with Crippen molar-refractivity contribution in [1.82, 2.24) is 14.9 Å². The van der Waals surface area contributed by atoms with Crippen molar-refractivity contribution in [3.63, 3.8) is 0 Å². The number of nitrogen functional groups attached to an aromatic ring is 1. The molecule has 1 saturated heterocycles. The van der Waals surface area contributed by atoms with Crippen LogP contribution < -0.4 is 19.9 Å². The van der Waals surface area contributed by atoms with E-state index in [1.165, 1.54) is 44.4 Å². The summed E-state index contributed by atoms with van der Waals surface area (Å²) in [6.07, 6.45) is 4.87. The number of ether oxygens (including phenoxy) is 3. The van der Waals surface area contributed by atoms with Crippen molar-refractivity contribution < 1.29 is 18.6 Å². The van der Waals surface area contributed by atoms with Crippen LogP contribution in [-0.4, -0.2) is 48.2 Å². The summed E-state index contributed by atoms with van der Waals surface area (Å²) in [6.45, 7) is 3.97. The van der Waals surface area contributed by atoms with Gasteiger partial charge in [0.25, 0.3) is 0 Å². The Hall–Kier alpha value is -3.13. The minimum Gasteiger partial charge on any atom is -0.493 e. The Morgan fingerprint density at radius 2 is 1.90 bits per heavy atom. The fraction of sp³-hybridized carbons (Fsp3) is 0.364. The Morgan fingerprint density at radius 1 is 1.07 bits per heavy atom. The molecule has 0 unspecified atom stereocenters. The lowest BCUT2D eigenvalue weighted by Crippen LogP contribution is -2.21. The molecule has 0 bridgehead atoms. The van der Waals surface area contributed by atoms with E-state index in [9.17, 15) is 4.39 Å². The van der Waals surface area contributed by atoms with Gasteiger partial charge < -0.3 is 24.8 Å². The van der Waals surface area contributed by atoms with E-state index >= 15 is 0 Å². The SMILES string of the molecule is COc1cc2c(Oc3ccc(N)cc3F)ncnc2cc1OCCCN1CCCC1. The van der Waals surface area contributed by atoms with Gasteiger partial charge in [0.2, 0.25) is 5.88 Å². The highest BCUT2D eigenvalue weighted by atomic mass is 19.1. The molecule has 1 aliphatic heterocycles. The average Bonchev–Trinajstić information content (AvgIpc) is 3.26. The summed E-state index contributed by atoms with van der Waals surface area (Å²) in [4.78, 5) is 10.9. The summed E-state index contributed by atoms with van der Waals surface area (Å²) in [5, 5.41) is 0.593. The highest BCUT2D eigenvalue weighted by Gasteiger charge is 2.15. The van der Waals surface area contributed by atoms with E-state index in [1.54, 1.807) is 25.3 Å². The minimum absolute atomic E-state index is 0.0328. The number of rotatable bonds is 8. The number of nitrogens with zero attached hydrogens (tertiary/aromatic N) is 3. The molecule has 0 aliphatic carbocycles. The molecule has 8 heteroatoms. The lowest BCUT2D eigenvalue weighted by molar-refractivity contribution is 0.254.